The molecule has 148 valence electrons. The Morgan fingerprint density at radius 1 is 1.24 bits per heavy atom. The number of rotatable bonds is 6. The molecular weight excluding hydrogens is 398 g/mol. The highest BCUT2D eigenvalue weighted by atomic mass is 32.1. The molecule has 0 spiro atoms. The summed E-state index contributed by atoms with van der Waals surface area (Å²) in [6, 6.07) is 11.9. The lowest BCUT2D eigenvalue weighted by Crippen LogP contribution is -2.20. The maximum Gasteiger partial charge on any atom is 0.387 e. The van der Waals surface area contributed by atoms with Gasteiger partial charge < -0.3 is 10.1 Å². The van der Waals surface area contributed by atoms with Gasteiger partial charge in [-0.2, -0.15) is 13.9 Å². The largest absolute Gasteiger partial charge is 0.433 e. The summed E-state index contributed by atoms with van der Waals surface area (Å²) in [6.07, 6.45) is 1.68. The second-order valence-corrected chi connectivity index (χ2v) is 7.15. The van der Waals surface area contributed by atoms with Crippen LogP contribution in [0.2, 0.25) is 0 Å². The fourth-order valence-electron chi connectivity index (χ4n) is 3.12. The lowest BCUT2D eigenvalue weighted by Gasteiger charge is -2.11. The predicted octanol–water partition coefficient (Wildman–Crippen LogP) is 4.71. The Labute approximate surface area is 168 Å². The molecule has 1 amide bonds. The van der Waals surface area contributed by atoms with Crippen molar-refractivity contribution >= 4 is 34.0 Å². The first kappa shape index (κ1) is 19.0. The highest BCUT2D eigenvalue weighted by molar-refractivity contribution is 7.13. The third kappa shape index (κ3) is 3.95. The summed E-state index contributed by atoms with van der Waals surface area (Å²) < 4.78 is 31.1. The minimum absolute atomic E-state index is 0.101. The van der Waals surface area contributed by atoms with Gasteiger partial charge in [-0.3, -0.25) is 4.79 Å². The van der Waals surface area contributed by atoms with E-state index in [2.05, 4.69) is 20.1 Å². The van der Waals surface area contributed by atoms with Crippen LogP contribution in [0.1, 0.15) is 5.69 Å². The molecule has 6 nitrogen and oxygen atoms in total. The molecule has 0 aliphatic carbocycles. The van der Waals surface area contributed by atoms with Crippen molar-refractivity contribution in [3.8, 4) is 16.2 Å². The quantitative estimate of drug-likeness (QED) is 0.496. The number of carbonyl (C=O) groups excluding carboxylic acids is 1. The Bertz CT molecular complexity index is 1160. The van der Waals surface area contributed by atoms with Gasteiger partial charge in [0.2, 0.25) is 5.91 Å². The lowest BCUT2D eigenvalue weighted by molar-refractivity contribution is -0.116. The van der Waals surface area contributed by atoms with Crippen molar-refractivity contribution < 1.29 is 18.3 Å². The number of aryl methyl sites for hydroxylation is 1. The van der Waals surface area contributed by atoms with Crippen LogP contribution in [0.3, 0.4) is 0 Å². The van der Waals surface area contributed by atoms with E-state index in [9.17, 15) is 13.6 Å². The second kappa shape index (κ2) is 7.96. The number of nitrogens with zero attached hydrogens (tertiary/aromatic N) is 3. The van der Waals surface area contributed by atoms with E-state index in [-0.39, 0.29) is 18.0 Å². The molecule has 3 aromatic heterocycles. The van der Waals surface area contributed by atoms with Crippen molar-refractivity contribution in [3.63, 3.8) is 0 Å². The maximum absolute atomic E-state index is 12.6. The normalized spacial score (nSPS) is 11.2. The van der Waals surface area contributed by atoms with E-state index in [0.717, 1.165) is 21.5 Å². The number of thiophene rings is 1. The molecule has 4 aromatic rings. The van der Waals surface area contributed by atoms with E-state index >= 15 is 0 Å². The van der Waals surface area contributed by atoms with Crippen LogP contribution in [-0.4, -0.2) is 27.3 Å². The Kier molecular flexibility index (Phi) is 5.22. The number of fused-ring (bicyclic) bond motifs is 1. The summed E-state index contributed by atoms with van der Waals surface area (Å²) in [5, 5.41) is 9.93. The second-order valence-electron chi connectivity index (χ2n) is 6.20. The molecule has 0 radical (unpaired) electrons. The monoisotopic (exact) mass is 414 g/mol. The summed E-state index contributed by atoms with van der Waals surface area (Å²) >= 11 is 1.61. The van der Waals surface area contributed by atoms with Gasteiger partial charge in [-0.25, -0.2) is 9.67 Å². The average molecular weight is 414 g/mol. The number of benzene rings is 1. The van der Waals surface area contributed by atoms with Crippen molar-refractivity contribution in [2.24, 2.45) is 0 Å². The van der Waals surface area contributed by atoms with Gasteiger partial charge in [-0.05, 0) is 36.6 Å². The minimum Gasteiger partial charge on any atom is -0.433 e. The molecule has 9 heteroatoms. The van der Waals surface area contributed by atoms with Crippen LogP contribution in [-0.2, 0) is 11.3 Å². The predicted molar refractivity (Wildman–Crippen MR) is 107 cm³/mol. The number of anilines is 1. The van der Waals surface area contributed by atoms with Crippen molar-refractivity contribution in [2.45, 2.75) is 20.1 Å². The Balaban J connectivity index is 1.61. The van der Waals surface area contributed by atoms with Gasteiger partial charge in [0, 0.05) is 16.6 Å². The van der Waals surface area contributed by atoms with E-state index in [0.29, 0.717) is 5.65 Å². The van der Waals surface area contributed by atoms with Gasteiger partial charge in [0.25, 0.3) is 0 Å². The van der Waals surface area contributed by atoms with E-state index in [1.807, 2.05) is 30.5 Å². The number of alkyl halides is 2. The van der Waals surface area contributed by atoms with Crippen LogP contribution in [0, 0.1) is 6.92 Å². The van der Waals surface area contributed by atoms with Gasteiger partial charge in [-0.1, -0.05) is 18.2 Å². The van der Waals surface area contributed by atoms with Crippen molar-refractivity contribution in [1.82, 2.24) is 14.8 Å². The first-order valence-corrected chi connectivity index (χ1v) is 9.60. The highest BCUT2D eigenvalue weighted by Gasteiger charge is 2.17. The van der Waals surface area contributed by atoms with E-state index in [1.165, 1.54) is 16.8 Å². The molecule has 1 aromatic carbocycles. The van der Waals surface area contributed by atoms with Gasteiger partial charge >= 0.3 is 6.61 Å². The fraction of sp³-hybridized carbons (Fsp3) is 0.150. The van der Waals surface area contributed by atoms with Crippen LogP contribution >= 0.6 is 11.3 Å². The first-order chi connectivity index (χ1) is 14.0. The minimum atomic E-state index is -2.98. The topological polar surface area (TPSA) is 69.0 Å². The highest BCUT2D eigenvalue weighted by Crippen LogP contribution is 2.32. The fourth-order valence-corrected chi connectivity index (χ4v) is 3.88. The number of hydrogen-bond acceptors (Lipinski definition) is 5. The van der Waals surface area contributed by atoms with E-state index in [1.54, 1.807) is 29.7 Å². The molecular formula is C20H16F2N4O2S. The molecule has 4 rings (SSSR count). The molecule has 0 bridgehead atoms. The van der Waals surface area contributed by atoms with Crippen LogP contribution in [0.5, 0.6) is 5.75 Å². The number of nitrogens with one attached hydrogen (secondary N) is 1. The molecule has 0 saturated heterocycles. The summed E-state index contributed by atoms with van der Waals surface area (Å²) in [7, 11) is 0. The van der Waals surface area contributed by atoms with Gasteiger partial charge in [0.1, 0.15) is 12.3 Å². The summed E-state index contributed by atoms with van der Waals surface area (Å²) in [6.45, 7) is -1.24. The molecule has 0 aliphatic heterocycles. The standard InChI is InChI=1S/C20H16F2N4O2S/c1-12-18-13(16-7-4-10-29-16)8-9-23-19(18)26(25-12)11-17(27)24-14-5-2-3-6-15(14)28-20(21)22/h2-10,20H,11H2,1H3,(H,24,27). The van der Waals surface area contributed by atoms with Crippen molar-refractivity contribution in [2.75, 3.05) is 5.32 Å². The van der Waals surface area contributed by atoms with Crippen LogP contribution in [0.4, 0.5) is 14.5 Å². The third-order valence-corrected chi connectivity index (χ3v) is 5.17. The summed E-state index contributed by atoms with van der Waals surface area (Å²) in [4.78, 5) is 18.0. The number of amides is 1. The lowest BCUT2D eigenvalue weighted by atomic mass is 10.1. The Morgan fingerprint density at radius 3 is 2.83 bits per heavy atom. The number of aromatic nitrogens is 3. The summed E-state index contributed by atoms with van der Waals surface area (Å²) in [5.41, 5.74) is 2.51. The molecule has 3 heterocycles. The number of hydrogen-bond donors (Lipinski definition) is 1. The Hall–Kier alpha value is -3.33. The van der Waals surface area contributed by atoms with E-state index in [4.69, 9.17) is 0 Å². The molecule has 0 aliphatic rings. The zero-order valence-electron chi connectivity index (χ0n) is 15.3. The number of para-hydroxylation sites is 2. The zero-order valence-corrected chi connectivity index (χ0v) is 16.1. The molecule has 29 heavy (non-hydrogen) atoms. The first-order valence-electron chi connectivity index (χ1n) is 8.72. The maximum atomic E-state index is 12.6. The van der Waals surface area contributed by atoms with Crippen LogP contribution in [0.25, 0.3) is 21.5 Å². The molecule has 1 N–H and O–H groups in total. The molecule has 0 fully saturated rings. The number of ether oxygens (including phenoxy) is 1. The summed E-state index contributed by atoms with van der Waals surface area (Å²) in [5.74, 6) is -0.529. The number of carbonyl (C=O) groups is 1. The van der Waals surface area contributed by atoms with Gasteiger partial charge in [-0.15, -0.1) is 11.3 Å². The van der Waals surface area contributed by atoms with Crippen LogP contribution < -0.4 is 10.1 Å². The molecule has 0 saturated carbocycles. The van der Waals surface area contributed by atoms with Crippen LogP contribution in [0.15, 0.2) is 54.0 Å². The van der Waals surface area contributed by atoms with Gasteiger partial charge in [0.05, 0.1) is 16.8 Å². The smallest absolute Gasteiger partial charge is 0.387 e. The number of halogens is 2. The van der Waals surface area contributed by atoms with Crippen molar-refractivity contribution in [3.05, 3.63) is 59.7 Å². The SMILES string of the molecule is Cc1nn(CC(=O)Nc2ccccc2OC(F)F)c2nccc(-c3cccs3)c12. The molecule has 0 unspecified atom stereocenters. The average Bonchev–Trinajstić information content (AvgIpc) is 3.32. The number of pyridine rings is 1. The van der Waals surface area contributed by atoms with Crippen molar-refractivity contribution in [1.29, 1.82) is 0 Å². The van der Waals surface area contributed by atoms with E-state index < -0.39 is 12.5 Å². The zero-order chi connectivity index (χ0) is 20.4. The Morgan fingerprint density at radius 2 is 2.07 bits per heavy atom. The third-order valence-electron chi connectivity index (χ3n) is 4.27. The van der Waals surface area contributed by atoms with Gasteiger partial charge in [0.15, 0.2) is 5.65 Å². The molecule has 0 atom stereocenters.